The first kappa shape index (κ1) is 29.1. The van der Waals surface area contributed by atoms with Gasteiger partial charge in [0.05, 0.1) is 0 Å². The van der Waals surface area contributed by atoms with Crippen LogP contribution in [0.3, 0.4) is 0 Å². The van der Waals surface area contributed by atoms with E-state index >= 15 is 0 Å². The van der Waals surface area contributed by atoms with Gasteiger partial charge in [0, 0.05) is 50.7 Å². The number of anilines is 3. The van der Waals surface area contributed by atoms with Crippen molar-refractivity contribution >= 4 is 60.9 Å². The van der Waals surface area contributed by atoms with Gasteiger partial charge < -0.3 is 13.7 Å². The van der Waals surface area contributed by atoms with Gasteiger partial charge in [0.15, 0.2) is 0 Å². The van der Waals surface area contributed by atoms with Gasteiger partial charge in [-0.05, 0) is 88.0 Å². The van der Waals surface area contributed by atoms with Crippen LogP contribution in [0.4, 0.5) is 17.1 Å². The fourth-order valence-electron chi connectivity index (χ4n) is 7.41. The Morgan fingerprint density at radius 2 is 0.725 bits per heavy atom. The van der Waals surface area contributed by atoms with E-state index in [2.05, 4.69) is 169 Å². The van der Waals surface area contributed by atoms with Crippen LogP contribution in [-0.4, -0.2) is 0 Å². The summed E-state index contributed by atoms with van der Waals surface area (Å²) in [5, 5.41) is 4.44. The highest BCUT2D eigenvalue weighted by molar-refractivity contribution is 6.07. The van der Waals surface area contributed by atoms with E-state index in [4.69, 9.17) is 8.83 Å². The summed E-state index contributed by atoms with van der Waals surface area (Å²) in [5.41, 5.74) is 13.7. The van der Waals surface area contributed by atoms with Crippen molar-refractivity contribution in [3.05, 3.63) is 188 Å². The van der Waals surface area contributed by atoms with Gasteiger partial charge in [0.25, 0.3) is 0 Å². The van der Waals surface area contributed by atoms with E-state index in [1.54, 1.807) is 0 Å². The fourth-order valence-corrected chi connectivity index (χ4v) is 7.41. The molecule has 0 saturated carbocycles. The van der Waals surface area contributed by atoms with Crippen molar-refractivity contribution in [3.63, 3.8) is 0 Å². The molecule has 0 fully saturated rings. The van der Waals surface area contributed by atoms with E-state index in [0.29, 0.717) is 0 Å². The minimum Gasteiger partial charge on any atom is -0.456 e. The summed E-state index contributed by atoms with van der Waals surface area (Å²) in [5.74, 6) is 0. The highest BCUT2D eigenvalue weighted by atomic mass is 16.3. The van der Waals surface area contributed by atoms with Crippen molar-refractivity contribution in [2.24, 2.45) is 0 Å². The van der Waals surface area contributed by atoms with Crippen LogP contribution in [0.1, 0.15) is 0 Å². The largest absolute Gasteiger partial charge is 0.456 e. The van der Waals surface area contributed by atoms with Gasteiger partial charge in [-0.1, -0.05) is 121 Å². The lowest BCUT2D eigenvalue weighted by Crippen LogP contribution is -2.09. The van der Waals surface area contributed by atoms with Crippen molar-refractivity contribution in [3.8, 4) is 33.4 Å². The molecule has 8 aromatic carbocycles. The average molecular weight is 654 g/mol. The average Bonchev–Trinajstić information content (AvgIpc) is 3.76. The minimum atomic E-state index is 0.854. The van der Waals surface area contributed by atoms with Gasteiger partial charge in [-0.2, -0.15) is 0 Å². The molecule has 10 rings (SSSR count). The molecule has 0 aliphatic carbocycles. The zero-order valence-electron chi connectivity index (χ0n) is 27.7. The van der Waals surface area contributed by atoms with Gasteiger partial charge in [-0.3, -0.25) is 0 Å². The van der Waals surface area contributed by atoms with Gasteiger partial charge >= 0.3 is 0 Å². The molecule has 0 saturated heterocycles. The van der Waals surface area contributed by atoms with Gasteiger partial charge in [-0.15, -0.1) is 0 Å². The summed E-state index contributed by atoms with van der Waals surface area (Å²) < 4.78 is 12.7. The van der Waals surface area contributed by atoms with E-state index in [-0.39, 0.29) is 0 Å². The molecule has 0 N–H and O–H groups in total. The van der Waals surface area contributed by atoms with Crippen molar-refractivity contribution in [1.29, 1.82) is 0 Å². The monoisotopic (exact) mass is 653 g/mol. The number of rotatable bonds is 6. The molecule has 0 bridgehead atoms. The van der Waals surface area contributed by atoms with Crippen LogP contribution in [-0.2, 0) is 0 Å². The molecule has 3 heteroatoms. The predicted octanol–water partition coefficient (Wildman–Crippen LogP) is 14.0. The molecule has 0 aliphatic rings. The number of nitrogens with zero attached hydrogens (tertiary/aromatic N) is 1. The number of fused-ring (bicyclic) bond motifs is 6. The molecule has 0 spiro atoms. The second-order valence-corrected chi connectivity index (χ2v) is 12.9. The van der Waals surface area contributed by atoms with Crippen LogP contribution >= 0.6 is 0 Å². The first-order valence-corrected chi connectivity index (χ1v) is 17.2. The second kappa shape index (κ2) is 11.9. The van der Waals surface area contributed by atoms with Gasteiger partial charge in [-0.25, -0.2) is 0 Å². The van der Waals surface area contributed by atoms with Crippen LogP contribution in [0.25, 0.3) is 77.3 Å². The molecule has 0 radical (unpaired) electrons. The number of benzene rings is 8. The molecule has 0 aliphatic heterocycles. The topological polar surface area (TPSA) is 29.5 Å². The Labute approximate surface area is 295 Å². The Hall–Kier alpha value is -6.84. The summed E-state index contributed by atoms with van der Waals surface area (Å²) in [4.78, 5) is 2.27. The van der Waals surface area contributed by atoms with Gasteiger partial charge in [0.1, 0.15) is 22.3 Å². The lowest BCUT2D eigenvalue weighted by Gasteiger charge is -2.25. The molecule has 2 aromatic heterocycles. The number of hydrogen-bond acceptors (Lipinski definition) is 3. The lowest BCUT2D eigenvalue weighted by molar-refractivity contribution is 0.669. The minimum absolute atomic E-state index is 0.854. The van der Waals surface area contributed by atoms with Crippen LogP contribution in [0, 0.1) is 0 Å². The highest BCUT2D eigenvalue weighted by Gasteiger charge is 2.18. The standard InChI is InChI=1S/C48H31NO2/c1-3-11-33(12-4-1)39-26-21-35(29-44(39)34-13-5-2-6-14-34)32-19-22-36(23-20-32)49(37-24-27-42-40-15-7-9-17-45(40)50-47(42)30-37)38-25-28-43-41-16-8-10-18-46(41)51-48(43)31-38/h1-31H. The summed E-state index contributed by atoms with van der Waals surface area (Å²) in [6, 6.07) is 66.3. The highest BCUT2D eigenvalue weighted by Crippen LogP contribution is 2.42. The molecule has 240 valence electrons. The molecule has 51 heavy (non-hydrogen) atoms. The lowest BCUT2D eigenvalue weighted by atomic mass is 9.91. The van der Waals surface area contributed by atoms with Gasteiger partial charge in [0.2, 0.25) is 0 Å². The smallest absolute Gasteiger partial charge is 0.137 e. The first-order valence-electron chi connectivity index (χ1n) is 17.2. The second-order valence-electron chi connectivity index (χ2n) is 12.9. The summed E-state index contributed by atoms with van der Waals surface area (Å²) in [6.07, 6.45) is 0. The molecule has 3 nitrogen and oxygen atoms in total. The maximum absolute atomic E-state index is 6.35. The molecular formula is C48H31NO2. The number of hydrogen-bond donors (Lipinski definition) is 0. The van der Waals surface area contributed by atoms with Crippen LogP contribution in [0.15, 0.2) is 197 Å². The van der Waals surface area contributed by atoms with E-state index < -0.39 is 0 Å². The molecule has 2 heterocycles. The summed E-state index contributed by atoms with van der Waals surface area (Å²) in [6.45, 7) is 0. The molecule has 0 atom stereocenters. The maximum atomic E-state index is 6.35. The number of para-hydroxylation sites is 2. The van der Waals surface area contributed by atoms with E-state index in [9.17, 15) is 0 Å². The third-order valence-corrected chi connectivity index (χ3v) is 9.89. The predicted molar refractivity (Wildman–Crippen MR) is 212 cm³/mol. The Morgan fingerprint density at radius 3 is 1.29 bits per heavy atom. The van der Waals surface area contributed by atoms with E-state index in [0.717, 1.165) is 66.5 Å². The SMILES string of the molecule is c1ccc(-c2ccc(-c3ccc(N(c4ccc5c(c4)oc4ccccc45)c4ccc5c(c4)oc4ccccc45)cc3)cc2-c2ccccc2)cc1. The Kier molecular flexibility index (Phi) is 6.81. The third-order valence-electron chi connectivity index (χ3n) is 9.89. The first-order chi connectivity index (χ1) is 25.3. The third kappa shape index (κ3) is 5.06. The van der Waals surface area contributed by atoms with Crippen molar-refractivity contribution in [1.82, 2.24) is 0 Å². The Bertz CT molecular complexity index is 2730. The molecule has 10 aromatic rings. The van der Waals surface area contributed by atoms with Crippen molar-refractivity contribution in [2.75, 3.05) is 4.90 Å². The van der Waals surface area contributed by atoms with E-state index in [1.165, 1.54) is 27.8 Å². The quantitative estimate of drug-likeness (QED) is 0.179. The normalized spacial score (nSPS) is 11.5. The van der Waals surface area contributed by atoms with Crippen molar-refractivity contribution < 1.29 is 8.83 Å². The van der Waals surface area contributed by atoms with Crippen LogP contribution < -0.4 is 4.90 Å². The van der Waals surface area contributed by atoms with Crippen LogP contribution in [0.5, 0.6) is 0 Å². The fraction of sp³-hybridized carbons (Fsp3) is 0. The Morgan fingerprint density at radius 1 is 0.275 bits per heavy atom. The maximum Gasteiger partial charge on any atom is 0.137 e. The zero-order valence-corrected chi connectivity index (χ0v) is 27.7. The van der Waals surface area contributed by atoms with E-state index in [1.807, 2.05) is 24.3 Å². The number of furan rings is 2. The zero-order chi connectivity index (χ0) is 33.7. The molecular weight excluding hydrogens is 623 g/mol. The van der Waals surface area contributed by atoms with Crippen LogP contribution in [0.2, 0.25) is 0 Å². The molecule has 0 amide bonds. The Balaban J connectivity index is 1.10. The summed E-state index contributed by atoms with van der Waals surface area (Å²) >= 11 is 0. The summed E-state index contributed by atoms with van der Waals surface area (Å²) in [7, 11) is 0. The molecule has 0 unspecified atom stereocenters. The van der Waals surface area contributed by atoms with Crippen molar-refractivity contribution in [2.45, 2.75) is 0 Å².